The first kappa shape index (κ1) is 44.5. The van der Waals surface area contributed by atoms with Crippen molar-refractivity contribution in [3.8, 4) is 17.2 Å². The van der Waals surface area contributed by atoms with Crippen molar-refractivity contribution in [1.82, 2.24) is 5.32 Å². The van der Waals surface area contributed by atoms with Gasteiger partial charge in [-0.3, -0.25) is 14.4 Å². The van der Waals surface area contributed by atoms with Gasteiger partial charge in [-0.25, -0.2) is 4.79 Å². The highest BCUT2D eigenvalue weighted by molar-refractivity contribution is 8.00. The number of carbonyl (C=O) groups excluding carboxylic acids is 4. The topological polar surface area (TPSA) is 141 Å². The molecular weight excluding hydrogens is 811 g/mol. The number of ether oxygens (including phenoxy) is 4. The van der Waals surface area contributed by atoms with E-state index in [1.165, 1.54) is 50.5 Å². The van der Waals surface area contributed by atoms with Crippen LogP contribution in [0.4, 0.5) is 10.7 Å². The highest BCUT2D eigenvalue weighted by atomic mass is 32.2. The average Bonchev–Trinajstić information content (AvgIpc) is 3.62. The Labute approximate surface area is 365 Å². The van der Waals surface area contributed by atoms with Crippen molar-refractivity contribution >= 4 is 63.6 Å². The maximum absolute atomic E-state index is 14.4. The van der Waals surface area contributed by atoms with E-state index in [4.69, 9.17) is 18.9 Å². The molecule has 0 fully saturated rings. The first-order chi connectivity index (χ1) is 29.3. The Morgan fingerprint density at radius 3 is 2.16 bits per heavy atom. The number of methoxy groups -OCH3 is 3. The number of hydrogen-bond acceptors (Lipinski definition) is 10. The SMILES string of the molecule is CCOC(=O)c1c(NC(=O)C(Sc2cccc(NC(=O)/C(=C\c3cc(OC)c(OC)cc3OC)NC(=O)c3ccccc3)c2)c2ccccc2)sc2c1CCC(C(C)(C)C)C2. The van der Waals surface area contributed by atoms with Crippen LogP contribution in [0, 0.1) is 11.3 Å². The predicted molar refractivity (Wildman–Crippen MR) is 242 cm³/mol. The van der Waals surface area contributed by atoms with Crippen molar-refractivity contribution < 1.29 is 38.1 Å². The van der Waals surface area contributed by atoms with E-state index in [0.29, 0.717) is 55.4 Å². The third-order valence-corrected chi connectivity index (χ3v) is 12.9. The molecule has 2 atom stereocenters. The molecule has 13 heteroatoms. The first-order valence-electron chi connectivity index (χ1n) is 20.0. The van der Waals surface area contributed by atoms with E-state index >= 15 is 0 Å². The molecular formula is C48H51N3O8S2. The van der Waals surface area contributed by atoms with Crippen LogP contribution in [0.25, 0.3) is 6.08 Å². The summed E-state index contributed by atoms with van der Waals surface area (Å²) < 4.78 is 22.1. The lowest BCUT2D eigenvalue weighted by Crippen LogP contribution is -2.30. The van der Waals surface area contributed by atoms with Gasteiger partial charge in [0.2, 0.25) is 5.91 Å². The van der Waals surface area contributed by atoms with Crippen LogP contribution >= 0.6 is 23.1 Å². The molecule has 4 aromatic carbocycles. The molecule has 1 heterocycles. The molecule has 0 saturated heterocycles. The lowest BCUT2D eigenvalue weighted by Gasteiger charge is -2.33. The minimum atomic E-state index is -0.734. The molecule has 318 valence electrons. The summed E-state index contributed by atoms with van der Waals surface area (Å²) in [5.41, 5.74) is 3.42. The molecule has 0 aliphatic heterocycles. The zero-order valence-electron chi connectivity index (χ0n) is 35.4. The van der Waals surface area contributed by atoms with Crippen molar-refractivity contribution in [2.24, 2.45) is 11.3 Å². The second-order valence-corrected chi connectivity index (χ2v) is 17.7. The molecule has 11 nitrogen and oxygen atoms in total. The second kappa shape index (κ2) is 20.0. The van der Waals surface area contributed by atoms with Gasteiger partial charge in [-0.05, 0) is 91.1 Å². The van der Waals surface area contributed by atoms with Gasteiger partial charge < -0.3 is 34.9 Å². The van der Waals surface area contributed by atoms with E-state index in [-0.39, 0.29) is 23.6 Å². The third kappa shape index (κ3) is 10.8. The van der Waals surface area contributed by atoms with E-state index in [9.17, 15) is 19.2 Å². The van der Waals surface area contributed by atoms with Gasteiger partial charge in [0.05, 0.1) is 33.5 Å². The van der Waals surface area contributed by atoms with Crippen molar-refractivity contribution in [3.05, 3.63) is 135 Å². The van der Waals surface area contributed by atoms with E-state index in [1.807, 2.05) is 36.4 Å². The lowest BCUT2D eigenvalue weighted by molar-refractivity contribution is -0.116. The molecule has 0 saturated carbocycles. The number of anilines is 2. The number of hydrogen-bond donors (Lipinski definition) is 3. The highest BCUT2D eigenvalue weighted by Gasteiger charge is 2.35. The van der Waals surface area contributed by atoms with Gasteiger partial charge >= 0.3 is 5.97 Å². The molecule has 3 amide bonds. The van der Waals surface area contributed by atoms with E-state index in [2.05, 4.69) is 36.7 Å². The normalized spacial score (nSPS) is 14.2. The van der Waals surface area contributed by atoms with Crippen molar-refractivity contribution in [1.29, 1.82) is 0 Å². The largest absolute Gasteiger partial charge is 0.496 e. The fourth-order valence-electron chi connectivity index (χ4n) is 7.16. The first-order valence-corrected chi connectivity index (χ1v) is 21.7. The van der Waals surface area contributed by atoms with Crippen LogP contribution in [0.2, 0.25) is 0 Å². The maximum atomic E-state index is 14.4. The summed E-state index contributed by atoms with van der Waals surface area (Å²) in [5, 5.41) is 8.58. The van der Waals surface area contributed by atoms with Crippen LogP contribution in [0.5, 0.6) is 17.2 Å². The van der Waals surface area contributed by atoms with Crippen LogP contribution in [0.1, 0.15) is 81.6 Å². The number of nitrogens with one attached hydrogen (secondary N) is 3. The van der Waals surface area contributed by atoms with Crippen LogP contribution in [-0.2, 0) is 27.2 Å². The number of thioether (sulfide) groups is 1. The standard InChI is InChI=1S/C48H51N3O8S2/c1-8-59-47(55)41-35-23-22-32(48(2,3)4)26-40(35)61-46(41)51-45(54)42(29-16-11-9-12-17-29)60-34-21-15-20-33(27-34)49-44(53)36(50-43(52)30-18-13-10-14-19-30)24-31-25-38(57-6)39(58-7)28-37(31)56-5/h9-21,24-25,27-28,32,42H,8,22-23,26H2,1-7H3,(H,49,53)(H,50,52)(H,51,54)/b36-24+. The third-order valence-electron chi connectivity index (χ3n) is 10.5. The number of rotatable bonds is 15. The predicted octanol–water partition coefficient (Wildman–Crippen LogP) is 9.98. The zero-order valence-corrected chi connectivity index (χ0v) is 37.0. The Hall–Kier alpha value is -6.05. The maximum Gasteiger partial charge on any atom is 0.341 e. The molecule has 0 spiro atoms. The monoisotopic (exact) mass is 861 g/mol. The van der Waals surface area contributed by atoms with Gasteiger partial charge in [-0.1, -0.05) is 75.4 Å². The minimum absolute atomic E-state index is 0.0659. The Balaban J connectivity index is 1.29. The summed E-state index contributed by atoms with van der Waals surface area (Å²) in [7, 11) is 4.49. The zero-order chi connectivity index (χ0) is 43.7. The molecule has 61 heavy (non-hydrogen) atoms. The molecule has 1 aromatic heterocycles. The minimum Gasteiger partial charge on any atom is -0.496 e. The lowest BCUT2D eigenvalue weighted by atomic mass is 9.72. The van der Waals surface area contributed by atoms with Crippen LogP contribution in [0.3, 0.4) is 0 Å². The fraction of sp³-hybridized carbons (Fsp3) is 0.292. The number of amides is 3. The van der Waals surface area contributed by atoms with Gasteiger partial charge in [-0.15, -0.1) is 23.1 Å². The summed E-state index contributed by atoms with van der Waals surface area (Å²) in [4.78, 5) is 57.2. The number of esters is 1. The van der Waals surface area contributed by atoms with Gasteiger partial charge in [-0.2, -0.15) is 0 Å². The van der Waals surface area contributed by atoms with Crippen LogP contribution in [0.15, 0.2) is 108 Å². The van der Waals surface area contributed by atoms with Crippen molar-refractivity contribution in [2.45, 2.75) is 57.1 Å². The molecule has 1 aliphatic rings. The number of carbonyl (C=O) groups is 4. The molecule has 3 N–H and O–H groups in total. The van der Waals surface area contributed by atoms with Gasteiger partial charge in [0.25, 0.3) is 11.8 Å². The molecule has 6 rings (SSSR count). The second-order valence-electron chi connectivity index (χ2n) is 15.4. The Kier molecular flexibility index (Phi) is 14.6. The highest BCUT2D eigenvalue weighted by Crippen LogP contribution is 2.46. The molecule has 5 aromatic rings. The summed E-state index contributed by atoms with van der Waals surface area (Å²) in [6, 6.07) is 28.4. The molecule has 0 bridgehead atoms. The van der Waals surface area contributed by atoms with Gasteiger partial charge in [0.15, 0.2) is 11.5 Å². The smallest absolute Gasteiger partial charge is 0.341 e. The van der Waals surface area contributed by atoms with Crippen molar-refractivity contribution in [2.75, 3.05) is 38.6 Å². The molecule has 2 unspecified atom stereocenters. The Morgan fingerprint density at radius 2 is 1.51 bits per heavy atom. The average molecular weight is 862 g/mol. The quantitative estimate of drug-likeness (QED) is 0.0533. The summed E-state index contributed by atoms with van der Waals surface area (Å²) in [6.07, 6.45) is 4.02. The van der Waals surface area contributed by atoms with Gasteiger partial charge in [0.1, 0.15) is 21.7 Å². The van der Waals surface area contributed by atoms with Crippen LogP contribution < -0.4 is 30.2 Å². The summed E-state index contributed by atoms with van der Waals surface area (Å²) >= 11 is 2.76. The number of benzene rings is 4. The summed E-state index contributed by atoms with van der Waals surface area (Å²) in [5.74, 6) is -0.192. The van der Waals surface area contributed by atoms with Crippen LogP contribution in [-0.4, -0.2) is 51.6 Å². The van der Waals surface area contributed by atoms with Crippen molar-refractivity contribution in [3.63, 3.8) is 0 Å². The molecule has 1 aliphatic carbocycles. The number of fused-ring (bicyclic) bond motifs is 1. The summed E-state index contributed by atoms with van der Waals surface area (Å²) in [6.45, 7) is 8.72. The molecule has 0 radical (unpaired) electrons. The Morgan fingerprint density at radius 1 is 0.836 bits per heavy atom. The Bertz CT molecular complexity index is 2410. The van der Waals surface area contributed by atoms with E-state index in [1.54, 1.807) is 67.6 Å². The van der Waals surface area contributed by atoms with E-state index < -0.39 is 23.0 Å². The fourth-order valence-corrected chi connectivity index (χ4v) is 9.56. The van der Waals surface area contributed by atoms with E-state index in [0.717, 1.165) is 35.3 Å². The van der Waals surface area contributed by atoms with Gasteiger partial charge in [0, 0.05) is 32.7 Å². The number of thiophene rings is 1.